The molecule has 1 fully saturated rings. The largest absolute Gasteiger partial charge is 0.375 e. The van der Waals surface area contributed by atoms with Gasteiger partial charge in [-0.25, -0.2) is 4.39 Å². The SMILES string of the molecule is Cc1cc(N(C)CCCN2CCNCC2)ccc1F. The average molecular weight is 265 g/mol. The first-order valence-corrected chi connectivity index (χ1v) is 7.07. The predicted molar refractivity (Wildman–Crippen MR) is 78.3 cm³/mol. The number of benzene rings is 1. The fraction of sp³-hybridized carbons (Fsp3) is 0.600. The van der Waals surface area contributed by atoms with Crippen molar-refractivity contribution in [1.82, 2.24) is 10.2 Å². The molecule has 1 aromatic rings. The van der Waals surface area contributed by atoms with E-state index in [9.17, 15) is 4.39 Å². The maximum atomic E-state index is 13.2. The van der Waals surface area contributed by atoms with Gasteiger partial charge in [0.15, 0.2) is 0 Å². The Morgan fingerprint density at radius 1 is 1.32 bits per heavy atom. The molecule has 0 aromatic heterocycles. The smallest absolute Gasteiger partial charge is 0.126 e. The highest BCUT2D eigenvalue weighted by Crippen LogP contribution is 2.17. The third kappa shape index (κ3) is 4.18. The maximum Gasteiger partial charge on any atom is 0.126 e. The minimum Gasteiger partial charge on any atom is -0.375 e. The lowest BCUT2D eigenvalue weighted by molar-refractivity contribution is 0.239. The zero-order chi connectivity index (χ0) is 13.7. The van der Waals surface area contributed by atoms with Gasteiger partial charge < -0.3 is 15.1 Å². The summed E-state index contributed by atoms with van der Waals surface area (Å²) in [7, 11) is 2.07. The van der Waals surface area contributed by atoms with E-state index in [0.717, 1.165) is 51.4 Å². The van der Waals surface area contributed by atoms with Crippen LogP contribution in [0.3, 0.4) is 0 Å². The lowest BCUT2D eigenvalue weighted by Crippen LogP contribution is -2.44. The van der Waals surface area contributed by atoms with Crippen LogP contribution in [0, 0.1) is 12.7 Å². The molecule has 1 N–H and O–H groups in total. The molecule has 2 rings (SSSR count). The summed E-state index contributed by atoms with van der Waals surface area (Å²) in [5, 5.41) is 3.36. The van der Waals surface area contributed by atoms with Crippen LogP contribution in [0.15, 0.2) is 18.2 Å². The minimum absolute atomic E-state index is 0.127. The number of hydrogen-bond acceptors (Lipinski definition) is 3. The Bertz CT molecular complexity index is 402. The molecular formula is C15H24FN3. The van der Waals surface area contributed by atoms with Crippen molar-refractivity contribution in [3.05, 3.63) is 29.6 Å². The molecule has 0 unspecified atom stereocenters. The van der Waals surface area contributed by atoms with E-state index in [0.29, 0.717) is 5.56 Å². The van der Waals surface area contributed by atoms with Gasteiger partial charge in [0.1, 0.15) is 5.82 Å². The van der Waals surface area contributed by atoms with Crippen molar-refractivity contribution >= 4 is 5.69 Å². The molecule has 0 bridgehead atoms. The molecule has 106 valence electrons. The van der Waals surface area contributed by atoms with Gasteiger partial charge >= 0.3 is 0 Å². The van der Waals surface area contributed by atoms with Gasteiger partial charge in [0.05, 0.1) is 0 Å². The summed E-state index contributed by atoms with van der Waals surface area (Å²) < 4.78 is 13.2. The van der Waals surface area contributed by atoms with Gasteiger partial charge in [-0.05, 0) is 43.7 Å². The highest BCUT2D eigenvalue weighted by molar-refractivity contribution is 5.47. The lowest BCUT2D eigenvalue weighted by Gasteiger charge is -2.28. The number of hydrogen-bond donors (Lipinski definition) is 1. The van der Waals surface area contributed by atoms with Crippen LogP contribution in [0.25, 0.3) is 0 Å². The van der Waals surface area contributed by atoms with E-state index in [4.69, 9.17) is 0 Å². The van der Waals surface area contributed by atoms with Crippen molar-refractivity contribution in [2.75, 3.05) is 51.2 Å². The van der Waals surface area contributed by atoms with E-state index in [2.05, 4.69) is 22.2 Å². The van der Waals surface area contributed by atoms with Crippen LogP contribution in [-0.2, 0) is 0 Å². The van der Waals surface area contributed by atoms with Gasteiger partial charge in [0.2, 0.25) is 0 Å². The molecule has 1 aliphatic heterocycles. The Hall–Kier alpha value is -1.13. The van der Waals surface area contributed by atoms with Gasteiger partial charge in [-0.3, -0.25) is 0 Å². The van der Waals surface area contributed by atoms with Gasteiger partial charge in [-0.2, -0.15) is 0 Å². The van der Waals surface area contributed by atoms with Crippen molar-refractivity contribution in [3.63, 3.8) is 0 Å². The summed E-state index contributed by atoms with van der Waals surface area (Å²) in [4.78, 5) is 4.70. The van der Waals surface area contributed by atoms with Crippen molar-refractivity contribution < 1.29 is 4.39 Å². The van der Waals surface area contributed by atoms with E-state index in [1.54, 1.807) is 6.07 Å². The molecule has 4 heteroatoms. The van der Waals surface area contributed by atoms with Crippen LogP contribution in [0.1, 0.15) is 12.0 Å². The van der Waals surface area contributed by atoms with Crippen LogP contribution in [-0.4, -0.2) is 51.2 Å². The molecule has 1 aromatic carbocycles. The highest BCUT2D eigenvalue weighted by atomic mass is 19.1. The third-order valence-corrected chi connectivity index (χ3v) is 3.76. The summed E-state index contributed by atoms with van der Waals surface area (Å²) in [6.07, 6.45) is 1.15. The Kier molecular flexibility index (Phi) is 5.16. The van der Waals surface area contributed by atoms with Crippen LogP contribution < -0.4 is 10.2 Å². The van der Waals surface area contributed by atoms with Gasteiger partial charge in [-0.15, -0.1) is 0 Å². The second kappa shape index (κ2) is 6.87. The summed E-state index contributed by atoms with van der Waals surface area (Å²) in [6.45, 7) is 8.48. The summed E-state index contributed by atoms with van der Waals surface area (Å²) >= 11 is 0. The number of piperazine rings is 1. The van der Waals surface area contributed by atoms with E-state index in [1.165, 1.54) is 0 Å². The van der Waals surface area contributed by atoms with Gasteiger partial charge in [0.25, 0.3) is 0 Å². The van der Waals surface area contributed by atoms with E-state index < -0.39 is 0 Å². The number of aryl methyl sites for hydroxylation is 1. The van der Waals surface area contributed by atoms with Crippen molar-refractivity contribution in [1.29, 1.82) is 0 Å². The Balaban J connectivity index is 1.76. The zero-order valence-electron chi connectivity index (χ0n) is 12.0. The number of halogens is 1. The first-order valence-electron chi connectivity index (χ1n) is 7.07. The molecule has 1 aliphatic rings. The lowest BCUT2D eigenvalue weighted by atomic mass is 10.2. The number of nitrogens with zero attached hydrogens (tertiary/aromatic N) is 2. The first-order chi connectivity index (χ1) is 9.16. The van der Waals surface area contributed by atoms with E-state index in [1.807, 2.05) is 19.1 Å². The highest BCUT2D eigenvalue weighted by Gasteiger charge is 2.09. The topological polar surface area (TPSA) is 18.5 Å². The fourth-order valence-electron chi connectivity index (χ4n) is 2.46. The van der Waals surface area contributed by atoms with E-state index >= 15 is 0 Å². The standard InChI is InChI=1S/C15H24FN3/c1-13-12-14(4-5-15(13)16)18(2)8-3-9-19-10-6-17-7-11-19/h4-5,12,17H,3,6-11H2,1-2H3. The van der Waals surface area contributed by atoms with Crippen molar-refractivity contribution in [3.8, 4) is 0 Å². The van der Waals surface area contributed by atoms with Gasteiger partial charge in [-0.1, -0.05) is 0 Å². The summed E-state index contributed by atoms with van der Waals surface area (Å²) in [5.41, 5.74) is 1.81. The van der Waals surface area contributed by atoms with Crippen LogP contribution in [0.4, 0.5) is 10.1 Å². The Morgan fingerprint density at radius 2 is 2.05 bits per heavy atom. The van der Waals surface area contributed by atoms with Crippen LogP contribution in [0.5, 0.6) is 0 Å². The number of nitrogens with one attached hydrogen (secondary N) is 1. The minimum atomic E-state index is -0.127. The van der Waals surface area contributed by atoms with Gasteiger partial charge in [0, 0.05) is 45.5 Å². The molecule has 0 amide bonds. The summed E-state index contributed by atoms with van der Waals surface area (Å²) in [5.74, 6) is -0.127. The molecular weight excluding hydrogens is 241 g/mol. The average Bonchev–Trinajstić information content (AvgIpc) is 2.43. The number of rotatable bonds is 5. The van der Waals surface area contributed by atoms with Crippen LogP contribution in [0.2, 0.25) is 0 Å². The predicted octanol–water partition coefficient (Wildman–Crippen LogP) is 1.87. The second-order valence-corrected chi connectivity index (χ2v) is 5.30. The van der Waals surface area contributed by atoms with Crippen molar-refractivity contribution in [2.45, 2.75) is 13.3 Å². The molecule has 0 aliphatic carbocycles. The molecule has 1 saturated heterocycles. The second-order valence-electron chi connectivity index (χ2n) is 5.30. The van der Waals surface area contributed by atoms with Crippen molar-refractivity contribution in [2.24, 2.45) is 0 Å². The van der Waals surface area contributed by atoms with E-state index in [-0.39, 0.29) is 5.82 Å². The molecule has 19 heavy (non-hydrogen) atoms. The maximum absolute atomic E-state index is 13.2. The number of anilines is 1. The molecule has 1 heterocycles. The van der Waals surface area contributed by atoms with Crippen LogP contribution >= 0.6 is 0 Å². The fourth-order valence-corrected chi connectivity index (χ4v) is 2.46. The molecule has 0 spiro atoms. The summed E-state index contributed by atoms with van der Waals surface area (Å²) in [6, 6.07) is 5.32. The quantitative estimate of drug-likeness (QED) is 0.877. The first kappa shape index (κ1) is 14.3. The molecule has 3 nitrogen and oxygen atoms in total. The molecule has 0 saturated carbocycles. The monoisotopic (exact) mass is 265 g/mol. The third-order valence-electron chi connectivity index (χ3n) is 3.76. The zero-order valence-corrected chi connectivity index (χ0v) is 12.0. The normalized spacial score (nSPS) is 16.6. The molecule has 0 atom stereocenters. The molecule has 0 radical (unpaired) electrons. The Morgan fingerprint density at radius 3 is 2.74 bits per heavy atom. The Labute approximate surface area is 115 Å².